The van der Waals surface area contributed by atoms with Crippen molar-refractivity contribution in [3.8, 4) is 0 Å². The second-order valence-electron chi connectivity index (χ2n) is 5.74. The molecule has 2 aromatic rings. The second-order valence-corrected chi connectivity index (χ2v) is 6.60. The Morgan fingerprint density at radius 2 is 2.25 bits per heavy atom. The van der Waals surface area contributed by atoms with Gasteiger partial charge in [0, 0.05) is 23.7 Å². The van der Waals surface area contributed by atoms with E-state index in [1.807, 2.05) is 25.1 Å². The fraction of sp³-hybridized carbons (Fsp3) is 0.353. The average Bonchev–Trinajstić information content (AvgIpc) is 3.09. The number of amides is 1. The van der Waals surface area contributed by atoms with E-state index in [1.54, 1.807) is 6.07 Å². The van der Waals surface area contributed by atoms with E-state index >= 15 is 0 Å². The third-order valence-electron chi connectivity index (χ3n) is 3.80. The second kappa shape index (κ2) is 7.72. The van der Waals surface area contributed by atoms with Crippen molar-refractivity contribution in [3.63, 3.8) is 0 Å². The number of aryl methyl sites for hydroxylation is 1. The van der Waals surface area contributed by atoms with Crippen molar-refractivity contribution in [2.45, 2.75) is 25.9 Å². The molecule has 1 fully saturated rings. The highest BCUT2D eigenvalue weighted by atomic mass is 79.9. The lowest BCUT2D eigenvalue weighted by Gasteiger charge is -2.11. The van der Waals surface area contributed by atoms with Gasteiger partial charge in [0.05, 0.1) is 11.8 Å². The van der Waals surface area contributed by atoms with Crippen LogP contribution in [-0.4, -0.2) is 35.1 Å². The fourth-order valence-corrected chi connectivity index (χ4v) is 3.10. The molecule has 7 heteroatoms. The van der Waals surface area contributed by atoms with Crippen molar-refractivity contribution < 1.29 is 9.53 Å². The molecule has 24 heavy (non-hydrogen) atoms. The highest BCUT2D eigenvalue weighted by Crippen LogP contribution is 2.26. The molecule has 3 rings (SSSR count). The smallest absolute Gasteiger partial charge is 0.270 e. The monoisotopic (exact) mass is 390 g/mol. The van der Waals surface area contributed by atoms with Gasteiger partial charge in [-0.25, -0.2) is 9.97 Å². The molecule has 0 saturated carbocycles. The summed E-state index contributed by atoms with van der Waals surface area (Å²) in [7, 11) is 0. The first-order chi connectivity index (χ1) is 11.6. The van der Waals surface area contributed by atoms with Crippen molar-refractivity contribution in [3.05, 3.63) is 46.3 Å². The van der Waals surface area contributed by atoms with Crippen LogP contribution in [0.4, 0.5) is 11.5 Å². The standard InChI is InChI=1S/C17H19BrN4O2/c1-11-4-5-14(13(18)7-11)22-16-8-15(20-10-21-16)17(23)19-9-12-3-2-6-24-12/h4-5,7-8,10,12H,2-3,6,9H2,1H3,(H,19,23)(H,20,21,22). The van der Waals surface area contributed by atoms with E-state index in [0.717, 1.165) is 35.2 Å². The first-order valence-corrected chi connectivity index (χ1v) is 8.66. The molecule has 1 amide bonds. The maximum absolute atomic E-state index is 12.2. The fourth-order valence-electron chi connectivity index (χ4n) is 2.51. The number of ether oxygens (including phenoxy) is 1. The van der Waals surface area contributed by atoms with E-state index in [9.17, 15) is 4.79 Å². The molecule has 1 saturated heterocycles. The van der Waals surface area contributed by atoms with Crippen molar-refractivity contribution in [1.82, 2.24) is 15.3 Å². The number of hydrogen-bond acceptors (Lipinski definition) is 5. The molecule has 1 aromatic heterocycles. The Kier molecular flexibility index (Phi) is 5.42. The number of anilines is 2. The van der Waals surface area contributed by atoms with Crippen LogP contribution in [-0.2, 0) is 4.74 Å². The van der Waals surface area contributed by atoms with Crippen molar-refractivity contribution in [1.29, 1.82) is 0 Å². The van der Waals surface area contributed by atoms with Crippen LogP contribution in [0.2, 0.25) is 0 Å². The van der Waals surface area contributed by atoms with Gasteiger partial charge >= 0.3 is 0 Å². The predicted molar refractivity (Wildman–Crippen MR) is 95.5 cm³/mol. The van der Waals surface area contributed by atoms with Crippen LogP contribution >= 0.6 is 15.9 Å². The molecule has 6 nitrogen and oxygen atoms in total. The Hall–Kier alpha value is -1.99. The summed E-state index contributed by atoms with van der Waals surface area (Å²) >= 11 is 3.52. The maximum atomic E-state index is 12.2. The van der Waals surface area contributed by atoms with Gasteiger partial charge in [-0.2, -0.15) is 0 Å². The van der Waals surface area contributed by atoms with Crippen LogP contribution in [0, 0.1) is 6.92 Å². The highest BCUT2D eigenvalue weighted by Gasteiger charge is 2.17. The first kappa shape index (κ1) is 16.9. The Morgan fingerprint density at radius 1 is 1.38 bits per heavy atom. The minimum atomic E-state index is -0.223. The Morgan fingerprint density at radius 3 is 3.00 bits per heavy atom. The molecule has 1 aliphatic heterocycles. The Bertz CT molecular complexity index is 732. The summed E-state index contributed by atoms with van der Waals surface area (Å²) in [6.07, 6.45) is 3.52. The molecule has 1 aliphatic rings. The first-order valence-electron chi connectivity index (χ1n) is 7.87. The number of hydrogen-bond donors (Lipinski definition) is 2. The lowest BCUT2D eigenvalue weighted by molar-refractivity contribution is 0.0853. The van der Waals surface area contributed by atoms with Crippen molar-refractivity contribution in [2.75, 3.05) is 18.5 Å². The van der Waals surface area contributed by atoms with E-state index in [-0.39, 0.29) is 12.0 Å². The normalized spacial score (nSPS) is 16.8. The summed E-state index contributed by atoms with van der Waals surface area (Å²) in [6.45, 7) is 3.30. The largest absolute Gasteiger partial charge is 0.376 e. The molecule has 2 N–H and O–H groups in total. The lowest BCUT2D eigenvalue weighted by Crippen LogP contribution is -2.32. The minimum Gasteiger partial charge on any atom is -0.376 e. The molecular weight excluding hydrogens is 372 g/mol. The summed E-state index contributed by atoms with van der Waals surface area (Å²) in [4.78, 5) is 20.4. The average molecular weight is 391 g/mol. The van der Waals surface area contributed by atoms with Crippen LogP contribution < -0.4 is 10.6 Å². The number of carbonyl (C=O) groups is 1. The molecule has 1 aromatic carbocycles. The molecule has 1 unspecified atom stereocenters. The molecule has 0 aliphatic carbocycles. The number of benzene rings is 1. The van der Waals surface area contributed by atoms with E-state index in [4.69, 9.17) is 4.74 Å². The van der Waals surface area contributed by atoms with Gasteiger partial charge in [-0.3, -0.25) is 4.79 Å². The zero-order chi connectivity index (χ0) is 16.9. The van der Waals surface area contributed by atoms with Gasteiger partial charge in [-0.05, 0) is 53.4 Å². The zero-order valence-corrected chi connectivity index (χ0v) is 15.0. The molecular formula is C17H19BrN4O2. The van der Waals surface area contributed by atoms with Crippen LogP contribution in [0.3, 0.4) is 0 Å². The molecule has 126 valence electrons. The summed E-state index contributed by atoms with van der Waals surface area (Å²) in [5, 5.41) is 6.05. The number of nitrogens with one attached hydrogen (secondary N) is 2. The van der Waals surface area contributed by atoms with Crippen LogP contribution in [0.5, 0.6) is 0 Å². The van der Waals surface area contributed by atoms with Crippen LogP contribution in [0.1, 0.15) is 28.9 Å². The van der Waals surface area contributed by atoms with Crippen molar-refractivity contribution >= 4 is 33.3 Å². The SMILES string of the molecule is Cc1ccc(Nc2cc(C(=O)NCC3CCCO3)ncn2)c(Br)c1. The zero-order valence-electron chi connectivity index (χ0n) is 13.4. The van der Waals surface area contributed by atoms with Gasteiger partial charge in [-0.15, -0.1) is 0 Å². The lowest BCUT2D eigenvalue weighted by atomic mass is 10.2. The summed E-state index contributed by atoms with van der Waals surface area (Å²) in [5.74, 6) is 0.343. The molecule has 2 heterocycles. The third kappa shape index (κ3) is 4.30. The molecule has 0 spiro atoms. The van der Waals surface area contributed by atoms with Gasteiger partial charge < -0.3 is 15.4 Å². The van der Waals surface area contributed by atoms with Gasteiger partial charge in [0.1, 0.15) is 17.8 Å². The number of nitrogens with zero attached hydrogens (tertiary/aromatic N) is 2. The summed E-state index contributed by atoms with van der Waals surface area (Å²) in [6, 6.07) is 7.61. The molecule has 0 bridgehead atoms. The summed E-state index contributed by atoms with van der Waals surface area (Å²) < 4.78 is 6.44. The van der Waals surface area contributed by atoms with Gasteiger partial charge in [0.25, 0.3) is 5.91 Å². The quantitative estimate of drug-likeness (QED) is 0.819. The summed E-state index contributed by atoms with van der Waals surface area (Å²) in [5.41, 5.74) is 2.36. The predicted octanol–water partition coefficient (Wildman–Crippen LogP) is 3.20. The number of rotatable bonds is 5. The van der Waals surface area contributed by atoms with E-state index in [2.05, 4.69) is 36.5 Å². The van der Waals surface area contributed by atoms with E-state index < -0.39 is 0 Å². The van der Waals surface area contributed by atoms with Gasteiger partial charge in [0.15, 0.2) is 0 Å². The number of halogens is 1. The van der Waals surface area contributed by atoms with Crippen molar-refractivity contribution in [2.24, 2.45) is 0 Å². The van der Waals surface area contributed by atoms with E-state index in [1.165, 1.54) is 6.33 Å². The van der Waals surface area contributed by atoms with Gasteiger partial charge in [0.2, 0.25) is 0 Å². The Labute approximate surface area is 149 Å². The minimum absolute atomic E-state index is 0.108. The molecule has 1 atom stereocenters. The number of aromatic nitrogens is 2. The maximum Gasteiger partial charge on any atom is 0.270 e. The third-order valence-corrected chi connectivity index (χ3v) is 4.46. The molecule has 0 radical (unpaired) electrons. The van der Waals surface area contributed by atoms with Gasteiger partial charge in [-0.1, -0.05) is 6.07 Å². The van der Waals surface area contributed by atoms with Crippen LogP contribution in [0.25, 0.3) is 0 Å². The topological polar surface area (TPSA) is 76.1 Å². The highest BCUT2D eigenvalue weighted by molar-refractivity contribution is 9.10. The Balaban J connectivity index is 1.65. The van der Waals surface area contributed by atoms with E-state index in [0.29, 0.717) is 18.1 Å². The number of carbonyl (C=O) groups excluding carboxylic acids is 1. The van der Waals surface area contributed by atoms with Crippen LogP contribution in [0.15, 0.2) is 35.1 Å².